The lowest BCUT2D eigenvalue weighted by molar-refractivity contribution is -0.128. The van der Waals surface area contributed by atoms with E-state index >= 15 is 0 Å². The van der Waals surface area contributed by atoms with E-state index in [-0.39, 0.29) is 23.5 Å². The molecule has 1 unspecified atom stereocenters. The molecule has 6 nitrogen and oxygen atoms in total. The fourth-order valence-electron chi connectivity index (χ4n) is 3.52. The SMILES string of the molecule is Cc1c(Cl)cccc1-n1c(SCC(=O)N(C)C(C)c2ccc(F)cc2)nnc1-c1ccncc1. The van der Waals surface area contributed by atoms with E-state index in [1.165, 1.54) is 23.9 Å². The van der Waals surface area contributed by atoms with Crippen molar-refractivity contribution in [1.29, 1.82) is 0 Å². The van der Waals surface area contributed by atoms with Crippen molar-refractivity contribution in [2.45, 2.75) is 25.0 Å². The first-order valence-corrected chi connectivity index (χ1v) is 12.0. The van der Waals surface area contributed by atoms with Gasteiger partial charge in [-0.05, 0) is 61.4 Å². The summed E-state index contributed by atoms with van der Waals surface area (Å²) in [5.74, 6) is 0.414. The van der Waals surface area contributed by atoms with Crippen molar-refractivity contribution in [1.82, 2.24) is 24.6 Å². The maximum Gasteiger partial charge on any atom is 0.233 e. The number of pyridine rings is 1. The number of benzene rings is 2. The Kier molecular flexibility index (Phi) is 7.29. The minimum Gasteiger partial charge on any atom is -0.338 e. The maximum atomic E-state index is 13.3. The van der Waals surface area contributed by atoms with Crippen molar-refractivity contribution in [3.63, 3.8) is 0 Å². The van der Waals surface area contributed by atoms with Gasteiger partial charge in [-0.25, -0.2) is 4.39 Å². The number of nitrogens with zero attached hydrogens (tertiary/aromatic N) is 5. The van der Waals surface area contributed by atoms with Crippen molar-refractivity contribution < 1.29 is 9.18 Å². The number of carbonyl (C=O) groups excluding carboxylic acids is 1. The quantitative estimate of drug-likeness (QED) is 0.306. The zero-order chi connectivity index (χ0) is 24.2. The number of aromatic nitrogens is 4. The summed E-state index contributed by atoms with van der Waals surface area (Å²) in [5.41, 5.74) is 3.43. The Morgan fingerprint density at radius 3 is 2.53 bits per heavy atom. The third-order valence-corrected chi connectivity index (χ3v) is 7.03. The Labute approximate surface area is 206 Å². The molecular formula is C25H23ClFN5OS. The van der Waals surface area contributed by atoms with Gasteiger partial charge < -0.3 is 4.90 Å². The van der Waals surface area contributed by atoms with Crippen LogP contribution in [0.5, 0.6) is 0 Å². The Hall–Kier alpha value is -3.23. The molecule has 2 heterocycles. The lowest BCUT2D eigenvalue weighted by Gasteiger charge is -2.25. The third-order valence-electron chi connectivity index (χ3n) is 5.70. The first-order chi connectivity index (χ1) is 16.4. The molecule has 4 rings (SSSR count). The highest BCUT2D eigenvalue weighted by Crippen LogP contribution is 2.32. The molecule has 0 radical (unpaired) electrons. The Morgan fingerprint density at radius 1 is 1.12 bits per heavy atom. The van der Waals surface area contributed by atoms with Crippen LogP contribution in [0.3, 0.4) is 0 Å². The van der Waals surface area contributed by atoms with E-state index in [9.17, 15) is 9.18 Å². The van der Waals surface area contributed by atoms with Crippen LogP contribution in [0.25, 0.3) is 17.1 Å². The van der Waals surface area contributed by atoms with Gasteiger partial charge in [0.15, 0.2) is 11.0 Å². The smallest absolute Gasteiger partial charge is 0.233 e. The van der Waals surface area contributed by atoms with E-state index in [2.05, 4.69) is 15.2 Å². The number of rotatable bonds is 7. The molecule has 174 valence electrons. The molecule has 1 amide bonds. The van der Waals surface area contributed by atoms with Crippen LogP contribution in [0.2, 0.25) is 5.02 Å². The molecule has 9 heteroatoms. The second-order valence-corrected chi connectivity index (χ2v) is 9.13. The Morgan fingerprint density at radius 2 is 1.82 bits per heavy atom. The number of amides is 1. The monoisotopic (exact) mass is 495 g/mol. The number of thioether (sulfide) groups is 1. The molecule has 0 aliphatic carbocycles. The molecule has 0 aliphatic rings. The van der Waals surface area contributed by atoms with Crippen LogP contribution in [0.15, 0.2) is 72.1 Å². The highest BCUT2D eigenvalue weighted by atomic mass is 35.5. The molecule has 0 saturated carbocycles. The third kappa shape index (κ3) is 4.98. The molecule has 1 atom stereocenters. The van der Waals surface area contributed by atoms with Gasteiger partial charge in [-0.3, -0.25) is 14.3 Å². The van der Waals surface area contributed by atoms with Gasteiger partial charge in [0.25, 0.3) is 0 Å². The topological polar surface area (TPSA) is 63.9 Å². The molecule has 34 heavy (non-hydrogen) atoms. The number of hydrogen-bond donors (Lipinski definition) is 0. The highest BCUT2D eigenvalue weighted by Gasteiger charge is 2.22. The van der Waals surface area contributed by atoms with Crippen molar-refractivity contribution in [3.05, 3.63) is 89.0 Å². The van der Waals surface area contributed by atoms with Crippen molar-refractivity contribution in [3.8, 4) is 17.1 Å². The average molecular weight is 496 g/mol. The Bertz CT molecular complexity index is 1300. The van der Waals surface area contributed by atoms with Gasteiger partial charge in [-0.15, -0.1) is 10.2 Å². The van der Waals surface area contributed by atoms with Crippen LogP contribution in [0.4, 0.5) is 4.39 Å². The largest absolute Gasteiger partial charge is 0.338 e. The molecule has 2 aromatic heterocycles. The molecule has 0 aliphatic heterocycles. The van der Waals surface area contributed by atoms with Crippen LogP contribution in [0.1, 0.15) is 24.1 Å². The van der Waals surface area contributed by atoms with Gasteiger partial charge in [0, 0.05) is 30.0 Å². The van der Waals surface area contributed by atoms with Gasteiger partial charge in [0.1, 0.15) is 5.82 Å². The normalized spacial score (nSPS) is 11.9. The molecule has 0 spiro atoms. The van der Waals surface area contributed by atoms with E-state index in [0.29, 0.717) is 16.0 Å². The van der Waals surface area contributed by atoms with Crippen molar-refractivity contribution in [2.24, 2.45) is 0 Å². The zero-order valence-corrected chi connectivity index (χ0v) is 20.5. The van der Waals surface area contributed by atoms with Crippen molar-refractivity contribution in [2.75, 3.05) is 12.8 Å². The van der Waals surface area contributed by atoms with Gasteiger partial charge in [0.05, 0.1) is 17.5 Å². The summed E-state index contributed by atoms with van der Waals surface area (Å²) in [6.07, 6.45) is 3.39. The maximum absolute atomic E-state index is 13.3. The van der Waals surface area contributed by atoms with Crippen LogP contribution < -0.4 is 0 Å². The molecule has 2 aromatic carbocycles. The lowest BCUT2D eigenvalue weighted by atomic mass is 10.1. The summed E-state index contributed by atoms with van der Waals surface area (Å²) in [6.45, 7) is 3.85. The van der Waals surface area contributed by atoms with Gasteiger partial charge >= 0.3 is 0 Å². The van der Waals surface area contributed by atoms with Gasteiger partial charge in [0.2, 0.25) is 5.91 Å². The number of halogens is 2. The van der Waals surface area contributed by atoms with E-state index in [4.69, 9.17) is 11.6 Å². The second kappa shape index (κ2) is 10.4. The molecular weight excluding hydrogens is 473 g/mol. The molecule has 0 saturated heterocycles. The molecule has 0 N–H and O–H groups in total. The Balaban J connectivity index is 1.61. The van der Waals surface area contributed by atoms with E-state index in [1.54, 1.807) is 36.5 Å². The predicted octanol–water partition coefficient (Wildman–Crippen LogP) is 5.74. The summed E-state index contributed by atoms with van der Waals surface area (Å²) < 4.78 is 15.2. The van der Waals surface area contributed by atoms with Crippen molar-refractivity contribution >= 4 is 29.3 Å². The van der Waals surface area contributed by atoms with E-state index in [1.807, 2.05) is 48.7 Å². The lowest BCUT2D eigenvalue weighted by Crippen LogP contribution is -2.31. The summed E-state index contributed by atoms with van der Waals surface area (Å²) >= 11 is 7.70. The summed E-state index contributed by atoms with van der Waals surface area (Å²) in [4.78, 5) is 18.7. The zero-order valence-electron chi connectivity index (χ0n) is 18.9. The first kappa shape index (κ1) is 23.9. The van der Waals surface area contributed by atoms with Crippen LogP contribution >= 0.6 is 23.4 Å². The first-order valence-electron chi connectivity index (χ1n) is 10.6. The van der Waals surface area contributed by atoms with E-state index in [0.717, 1.165) is 22.4 Å². The fraction of sp³-hybridized carbons (Fsp3) is 0.200. The summed E-state index contributed by atoms with van der Waals surface area (Å²) in [7, 11) is 1.74. The minimum atomic E-state index is -0.305. The van der Waals surface area contributed by atoms with Crippen LogP contribution in [0, 0.1) is 12.7 Å². The number of carbonyl (C=O) groups is 1. The highest BCUT2D eigenvalue weighted by molar-refractivity contribution is 7.99. The van der Waals surface area contributed by atoms with Crippen LogP contribution in [-0.4, -0.2) is 43.4 Å². The fourth-order valence-corrected chi connectivity index (χ4v) is 4.55. The van der Waals surface area contributed by atoms with Crippen LogP contribution in [-0.2, 0) is 4.79 Å². The summed E-state index contributed by atoms with van der Waals surface area (Å²) in [6, 6.07) is 15.4. The second-order valence-electron chi connectivity index (χ2n) is 7.78. The molecule has 4 aromatic rings. The van der Waals surface area contributed by atoms with E-state index < -0.39 is 0 Å². The molecule has 0 bridgehead atoms. The molecule has 0 fully saturated rings. The standard InChI is InChI=1S/C25H23ClFN5OS/c1-16-21(26)5-4-6-22(16)32-24(19-11-13-28-14-12-19)29-30-25(32)34-15-23(33)31(3)17(2)18-7-9-20(27)10-8-18/h4-14,17H,15H2,1-3H3. The summed E-state index contributed by atoms with van der Waals surface area (Å²) in [5, 5.41) is 10.0. The number of hydrogen-bond acceptors (Lipinski definition) is 5. The minimum absolute atomic E-state index is 0.0790. The average Bonchev–Trinajstić information content (AvgIpc) is 3.28. The predicted molar refractivity (Wildman–Crippen MR) is 133 cm³/mol. The van der Waals surface area contributed by atoms with Gasteiger partial charge in [-0.2, -0.15) is 0 Å². The van der Waals surface area contributed by atoms with Gasteiger partial charge in [-0.1, -0.05) is 41.6 Å².